The van der Waals surface area contributed by atoms with E-state index in [0.717, 1.165) is 0 Å². The van der Waals surface area contributed by atoms with E-state index in [9.17, 15) is 4.53 Å². The molecular weight excluding hydrogens is 122 g/mol. The molecule has 0 aliphatic heterocycles. The fourth-order valence-electron chi connectivity index (χ4n) is 0. The largest absolute Gasteiger partial charge is 0.106 e. The van der Waals surface area contributed by atoms with Gasteiger partial charge < -0.3 is 0 Å². The van der Waals surface area contributed by atoms with Gasteiger partial charge in [-0.25, -0.2) is 0 Å². The average Bonchev–Trinajstić information content (AvgIpc) is 0.918. The average molecular weight is 122 g/mol. The minimum atomic E-state index is 0. The maximum Gasteiger partial charge on any atom is 0.106 e. The molecule has 0 spiro atoms. The molecule has 0 fully saturated rings. The zero-order chi connectivity index (χ0) is 2.71. The molecule has 0 atom stereocenters. The summed E-state index contributed by atoms with van der Waals surface area (Å²) in [5, 5.41) is 0. The maximum absolute atomic E-state index is 9.56. The van der Waals surface area contributed by atoms with E-state index in [1.54, 1.807) is 0 Å². The van der Waals surface area contributed by atoms with Gasteiger partial charge in [-0.2, -0.15) is 0 Å². The van der Waals surface area contributed by atoms with E-state index in [-0.39, 0.29) is 17.4 Å². The van der Waals surface area contributed by atoms with Crippen LogP contribution in [-0.4, -0.2) is 0 Å². The van der Waals surface area contributed by atoms with Crippen LogP contribution in [-0.2, 0) is 21.9 Å². The van der Waals surface area contributed by atoms with Crippen LogP contribution in [0.5, 0.6) is 0 Å². The van der Waals surface area contributed by atoms with Gasteiger partial charge in [0.05, 0.1) is 0 Å². The first-order valence-electron chi connectivity index (χ1n) is 0.309. The second-order valence-corrected chi connectivity index (χ2v) is 0.175. The molecule has 4 heteroatoms. The summed E-state index contributed by atoms with van der Waals surface area (Å²) in [7, 11) is 0. The molecule has 4 heavy (non-hydrogen) atoms. The second-order valence-electron chi connectivity index (χ2n) is 0.0583. The van der Waals surface area contributed by atoms with Crippen molar-refractivity contribution in [3.63, 3.8) is 0 Å². The number of halogens is 2. The van der Waals surface area contributed by atoms with Crippen molar-refractivity contribution in [3.8, 4) is 0 Å². The quantitative estimate of drug-likeness (QED) is 0.466. The zero-order valence-electron chi connectivity index (χ0n) is 1.57. The standard InChI is InChI=1S/ClFO.Cr/c1-3-2;. The summed E-state index contributed by atoms with van der Waals surface area (Å²) in [6, 6.07) is 0. The molecule has 1 nitrogen and oxygen atoms in total. The molecule has 0 heterocycles. The van der Waals surface area contributed by atoms with Gasteiger partial charge in [-0.05, 0) is 4.53 Å². The van der Waals surface area contributed by atoms with Crippen molar-refractivity contribution in [1.29, 1.82) is 0 Å². The van der Waals surface area contributed by atoms with Crippen LogP contribution in [0, 0.1) is 0 Å². The molecular formula is ClCrFO. The Labute approximate surface area is 38.9 Å². The van der Waals surface area contributed by atoms with Crippen LogP contribution in [0.25, 0.3) is 0 Å². The molecule has 0 unspecified atom stereocenters. The molecule has 0 saturated heterocycles. The molecule has 26 valence electrons. The van der Waals surface area contributed by atoms with E-state index in [1.165, 1.54) is 0 Å². The van der Waals surface area contributed by atoms with Gasteiger partial charge >= 0.3 is 0 Å². The van der Waals surface area contributed by atoms with Gasteiger partial charge in [0.25, 0.3) is 0 Å². The zero-order valence-corrected chi connectivity index (χ0v) is 3.60. The Morgan fingerprint density at radius 3 is 1.75 bits per heavy atom. The summed E-state index contributed by atoms with van der Waals surface area (Å²) < 4.78 is 11.8. The van der Waals surface area contributed by atoms with Crippen molar-refractivity contribution in [2.75, 3.05) is 0 Å². The second kappa shape index (κ2) is 9.31. The minimum Gasteiger partial charge on any atom is -0.0769 e. The molecule has 0 amide bonds. The predicted molar refractivity (Wildman–Crippen MR) is 8.05 cm³/mol. The molecule has 0 aliphatic carbocycles. The number of rotatable bonds is 0. The first-order chi connectivity index (χ1) is 1.41. The van der Waals surface area contributed by atoms with Crippen LogP contribution in [0.2, 0.25) is 0 Å². The van der Waals surface area contributed by atoms with Gasteiger partial charge in [0.15, 0.2) is 0 Å². The van der Waals surface area contributed by atoms with Crippen LogP contribution < -0.4 is 0 Å². The SMILES string of the molecule is FOCl.[Cr]. The van der Waals surface area contributed by atoms with Crippen LogP contribution in [0.4, 0.5) is 4.53 Å². The Balaban J connectivity index is 0. The normalized spacial score (nSPS) is 4.50. The summed E-state index contributed by atoms with van der Waals surface area (Å²) in [6.07, 6.45) is 0. The minimum absolute atomic E-state index is 0. The van der Waals surface area contributed by atoms with Crippen molar-refractivity contribution in [3.05, 3.63) is 0 Å². The van der Waals surface area contributed by atoms with E-state index in [4.69, 9.17) is 0 Å². The Morgan fingerprint density at radius 1 is 1.75 bits per heavy atom. The van der Waals surface area contributed by atoms with E-state index in [2.05, 4.69) is 16.4 Å². The fourth-order valence-corrected chi connectivity index (χ4v) is 0. The van der Waals surface area contributed by atoms with Gasteiger partial charge in [-0.15, -0.1) is 0 Å². The van der Waals surface area contributed by atoms with Gasteiger partial charge in [0, 0.05) is 17.4 Å². The number of hydrogen-bond acceptors (Lipinski definition) is 1. The molecule has 0 aromatic rings. The third kappa shape index (κ3) is 15.7. The van der Waals surface area contributed by atoms with Gasteiger partial charge in [0.2, 0.25) is 0 Å². The Morgan fingerprint density at radius 2 is 1.75 bits per heavy atom. The van der Waals surface area contributed by atoms with Gasteiger partial charge in [-0.1, -0.05) is 4.49 Å². The van der Waals surface area contributed by atoms with E-state index < -0.39 is 0 Å². The van der Waals surface area contributed by atoms with Crippen LogP contribution in [0.3, 0.4) is 0 Å². The fraction of sp³-hybridized carbons (Fsp3) is 0. The van der Waals surface area contributed by atoms with E-state index >= 15 is 0 Å². The third-order valence-corrected chi connectivity index (χ3v) is 0. The van der Waals surface area contributed by atoms with Crippen LogP contribution in [0.1, 0.15) is 0 Å². The topological polar surface area (TPSA) is 9.23 Å². The van der Waals surface area contributed by atoms with Crippen molar-refractivity contribution in [1.82, 2.24) is 0 Å². The van der Waals surface area contributed by atoms with Crippen molar-refractivity contribution in [2.45, 2.75) is 0 Å². The molecule has 0 bridgehead atoms. The Bertz CT molecular complexity index is 8.00. The number of hydrogen-bond donors (Lipinski definition) is 0. The van der Waals surface area contributed by atoms with E-state index in [0.29, 0.717) is 0 Å². The summed E-state index contributed by atoms with van der Waals surface area (Å²) in [5.41, 5.74) is 0. The smallest absolute Gasteiger partial charge is 0.0769 e. The molecule has 0 aliphatic rings. The summed E-state index contributed by atoms with van der Waals surface area (Å²) in [6.45, 7) is 0. The van der Waals surface area contributed by atoms with Gasteiger partial charge in [-0.3, -0.25) is 0 Å². The molecule has 0 saturated carbocycles. The van der Waals surface area contributed by atoms with Crippen LogP contribution >= 0.6 is 11.9 Å². The Hall–Kier alpha value is 0.712. The Kier molecular flexibility index (Phi) is 20.6. The van der Waals surface area contributed by atoms with Crippen molar-refractivity contribution < 1.29 is 26.4 Å². The molecule has 0 radical (unpaired) electrons. The van der Waals surface area contributed by atoms with Crippen molar-refractivity contribution >= 4 is 11.9 Å². The first kappa shape index (κ1) is 8.83. The predicted octanol–water partition coefficient (Wildman–Crippen LogP) is 1.04. The molecule has 0 aromatic heterocycles. The molecule has 0 N–H and O–H groups in total. The third-order valence-electron chi connectivity index (χ3n) is 0. The summed E-state index contributed by atoms with van der Waals surface area (Å²) in [4.78, 5) is 0. The van der Waals surface area contributed by atoms with E-state index in [1.807, 2.05) is 0 Å². The van der Waals surface area contributed by atoms with Crippen LogP contribution in [0.15, 0.2) is 0 Å². The van der Waals surface area contributed by atoms with Gasteiger partial charge in [0.1, 0.15) is 11.9 Å². The summed E-state index contributed by atoms with van der Waals surface area (Å²) >= 11 is 3.83. The summed E-state index contributed by atoms with van der Waals surface area (Å²) in [5.74, 6) is 0. The molecule has 0 aromatic carbocycles. The van der Waals surface area contributed by atoms with Crippen molar-refractivity contribution in [2.24, 2.45) is 0 Å². The monoisotopic (exact) mass is 122 g/mol. The maximum atomic E-state index is 9.56. The molecule has 0 rings (SSSR count). The first-order valence-corrected chi connectivity index (χ1v) is 0.617.